The van der Waals surface area contributed by atoms with Crippen LogP contribution in [0, 0.1) is 0 Å². The molecule has 0 rings (SSSR count). The molecule has 0 amide bonds. The number of hydrogen-bond donors (Lipinski definition) is 2. The van der Waals surface area contributed by atoms with Crippen molar-refractivity contribution < 1.29 is 27.2 Å². The Morgan fingerprint density at radius 1 is 1.62 bits per heavy atom. The van der Waals surface area contributed by atoms with E-state index >= 15 is 0 Å². The standard InChI is InChI=1S/C5H11F3NO3P/c1-13(10,11)12-4(2-3-9)5(6,7)8/h4H,2-3,9H2,1H3,(H,10,11). The minimum absolute atomic E-state index is 0.260. The SMILES string of the molecule is CP(=O)(O)OC(CCN)C(F)(F)F. The molecular weight excluding hydrogens is 210 g/mol. The molecule has 0 bridgehead atoms. The molecule has 80 valence electrons. The van der Waals surface area contributed by atoms with E-state index in [0.29, 0.717) is 6.66 Å². The van der Waals surface area contributed by atoms with E-state index in [0.717, 1.165) is 0 Å². The van der Waals surface area contributed by atoms with Gasteiger partial charge in [-0.25, -0.2) is 0 Å². The zero-order chi connectivity index (χ0) is 10.7. The fraction of sp³-hybridized carbons (Fsp3) is 1.00. The molecule has 3 N–H and O–H groups in total. The van der Waals surface area contributed by atoms with Crippen LogP contribution in [0.3, 0.4) is 0 Å². The highest BCUT2D eigenvalue weighted by Gasteiger charge is 2.42. The van der Waals surface area contributed by atoms with Gasteiger partial charge in [0.05, 0.1) is 0 Å². The Balaban J connectivity index is 4.36. The Bertz CT molecular complexity index is 202. The molecule has 0 saturated heterocycles. The molecule has 0 spiro atoms. The zero-order valence-electron chi connectivity index (χ0n) is 6.91. The number of hydrogen-bond acceptors (Lipinski definition) is 3. The van der Waals surface area contributed by atoms with Crippen LogP contribution in [0.25, 0.3) is 0 Å². The van der Waals surface area contributed by atoms with Gasteiger partial charge in [-0.3, -0.25) is 9.09 Å². The minimum atomic E-state index is -4.66. The number of alkyl halides is 3. The van der Waals surface area contributed by atoms with Gasteiger partial charge in [0.1, 0.15) is 0 Å². The highest BCUT2D eigenvalue weighted by molar-refractivity contribution is 7.51. The Morgan fingerprint density at radius 2 is 2.08 bits per heavy atom. The van der Waals surface area contributed by atoms with Crippen LogP contribution in [0.1, 0.15) is 6.42 Å². The molecule has 13 heavy (non-hydrogen) atoms. The maximum atomic E-state index is 12.0. The van der Waals surface area contributed by atoms with E-state index in [1.54, 1.807) is 0 Å². The summed E-state index contributed by atoms with van der Waals surface area (Å²) in [5.74, 6) is 0. The van der Waals surface area contributed by atoms with Crippen LogP contribution in [0.4, 0.5) is 13.2 Å². The van der Waals surface area contributed by atoms with E-state index in [9.17, 15) is 17.7 Å². The highest BCUT2D eigenvalue weighted by atomic mass is 31.2. The second kappa shape index (κ2) is 4.41. The van der Waals surface area contributed by atoms with E-state index < -0.39 is 26.3 Å². The lowest BCUT2D eigenvalue weighted by molar-refractivity contribution is -0.197. The van der Waals surface area contributed by atoms with E-state index in [2.05, 4.69) is 4.52 Å². The lowest BCUT2D eigenvalue weighted by Crippen LogP contribution is -2.32. The molecule has 0 fully saturated rings. The van der Waals surface area contributed by atoms with Gasteiger partial charge in [-0.1, -0.05) is 0 Å². The van der Waals surface area contributed by atoms with Crippen molar-refractivity contribution in [2.24, 2.45) is 5.73 Å². The molecule has 4 nitrogen and oxygen atoms in total. The smallest absolute Gasteiger partial charge is 0.330 e. The van der Waals surface area contributed by atoms with Crippen LogP contribution in [0.15, 0.2) is 0 Å². The third kappa shape index (κ3) is 6.04. The molecule has 0 heterocycles. The Morgan fingerprint density at radius 3 is 2.31 bits per heavy atom. The number of rotatable bonds is 4. The van der Waals surface area contributed by atoms with Gasteiger partial charge in [-0.05, 0) is 13.0 Å². The largest absolute Gasteiger partial charge is 0.415 e. The maximum absolute atomic E-state index is 12.0. The third-order valence-electron chi connectivity index (χ3n) is 1.12. The summed E-state index contributed by atoms with van der Waals surface area (Å²) in [5, 5.41) is 0. The fourth-order valence-corrected chi connectivity index (χ4v) is 1.36. The minimum Gasteiger partial charge on any atom is -0.330 e. The first-order valence-electron chi connectivity index (χ1n) is 3.42. The summed E-state index contributed by atoms with van der Waals surface area (Å²) in [7, 11) is -4.12. The maximum Gasteiger partial charge on any atom is 0.415 e. The second-order valence-electron chi connectivity index (χ2n) is 2.52. The van der Waals surface area contributed by atoms with Gasteiger partial charge in [0.25, 0.3) is 0 Å². The summed E-state index contributed by atoms with van der Waals surface area (Å²) >= 11 is 0. The highest BCUT2D eigenvalue weighted by Crippen LogP contribution is 2.42. The average Bonchev–Trinajstić information content (AvgIpc) is 1.81. The van der Waals surface area contributed by atoms with Crippen molar-refractivity contribution >= 4 is 7.60 Å². The van der Waals surface area contributed by atoms with E-state index in [-0.39, 0.29) is 6.54 Å². The quantitative estimate of drug-likeness (QED) is 0.697. The fourth-order valence-electron chi connectivity index (χ4n) is 0.664. The molecule has 0 aliphatic heterocycles. The first-order valence-corrected chi connectivity index (χ1v) is 5.44. The molecule has 0 saturated carbocycles. The molecule has 0 radical (unpaired) electrons. The van der Waals surface area contributed by atoms with Crippen molar-refractivity contribution in [1.82, 2.24) is 0 Å². The molecular formula is C5H11F3NO3P. The molecule has 0 aromatic heterocycles. The first-order chi connectivity index (χ1) is 5.67. The molecule has 0 aromatic carbocycles. The van der Waals surface area contributed by atoms with Crippen molar-refractivity contribution in [3.05, 3.63) is 0 Å². The summed E-state index contributed by atoms with van der Waals surface area (Å²) in [4.78, 5) is 8.57. The lowest BCUT2D eigenvalue weighted by Gasteiger charge is -2.21. The van der Waals surface area contributed by atoms with E-state index in [1.165, 1.54) is 0 Å². The van der Waals surface area contributed by atoms with Crippen molar-refractivity contribution in [2.75, 3.05) is 13.2 Å². The summed E-state index contributed by atoms with van der Waals surface area (Å²) in [5.41, 5.74) is 4.89. The third-order valence-corrected chi connectivity index (χ3v) is 1.76. The Kier molecular flexibility index (Phi) is 4.38. The number of halogens is 3. The Hall–Kier alpha value is -0.100. The van der Waals surface area contributed by atoms with Gasteiger partial charge in [-0.2, -0.15) is 13.2 Å². The van der Waals surface area contributed by atoms with Crippen molar-refractivity contribution in [1.29, 1.82) is 0 Å². The van der Waals surface area contributed by atoms with Crippen molar-refractivity contribution in [2.45, 2.75) is 18.7 Å². The van der Waals surface area contributed by atoms with E-state index in [1.807, 2.05) is 0 Å². The van der Waals surface area contributed by atoms with Gasteiger partial charge < -0.3 is 10.6 Å². The molecule has 2 atom stereocenters. The van der Waals surface area contributed by atoms with Crippen LogP contribution >= 0.6 is 7.60 Å². The Labute approximate surface area is 73.4 Å². The molecule has 0 aliphatic carbocycles. The summed E-state index contributed by atoms with van der Waals surface area (Å²) < 4.78 is 50.6. The molecule has 0 aliphatic rings. The summed E-state index contributed by atoms with van der Waals surface area (Å²) in [6.45, 7) is 0.437. The predicted octanol–water partition coefficient (Wildman–Crippen LogP) is 1.10. The monoisotopic (exact) mass is 221 g/mol. The molecule has 0 aromatic rings. The van der Waals surface area contributed by atoms with Gasteiger partial charge in [-0.15, -0.1) is 0 Å². The summed E-state index contributed by atoms with van der Waals surface area (Å²) in [6.07, 6.45) is -7.45. The average molecular weight is 221 g/mol. The van der Waals surface area contributed by atoms with Crippen molar-refractivity contribution in [3.63, 3.8) is 0 Å². The molecule has 8 heteroatoms. The van der Waals surface area contributed by atoms with Gasteiger partial charge in [0, 0.05) is 6.66 Å². The zero-order valence-corrected chi connectivity index (χ0v) is 7.81. The topological polar surface area (TPSA) is 72.5 Å². The first kappa shape index (κ1) is 12.9. The number of nitrogens with two attached hydrogens (primary N) is 1. The van der Waals surface area contributed by atoms with Crippen LogP contribution < -0.4 is 5.73 Å². The predicted molar refractivity (Wildman–Crippen MR) is 40.3 cm³/mol. The lowest BCUT2D eigenvalue weighted by atomic mass is 10.2. The van der Waals surface area contributed by atoms with Gasteiger partial charge >= 0.3 is 13.8 Å². The van der Waals surface area contributed by atoms with E-state index in [4.69, 9.17) is 10.6 Å². The molecule has 2 unspecified atom stereocenters. The van der Waals surface area contributed by atoms with Crippen LogP contribution in [-0.2, 0) is 9.09 Å². The summed E-state index contributed by atoms with van der Waals surface area (Å²) in [6, 6.07) is 0. The van der Waals surface area contributed by atoms with Crippen LogP contribution in [-0.4, -0.2) is 30.4 Å². The van der Waals surface area contributed by atoms with Crippen LogP contribution in [0.5, 0.6) is 0 Å². The van der Waals surface area contributed by atoms with Crippen LogP contribution in [0.2, 0.25) is 0 Å². The van der Waals surface area contributed by atoms with Gasteiger partial charge in [0.2, 0.25) is 0 Å². The van der Waals surface area contributed by atoms with Crippen molar-refractivity contribution in [3.8, 4) is 0 Å². The second-order valence-corrected chi connectivity index (χ2v) is 4.33. The van der Waals surface area contributed by atoms with Gasteiger partial charge in [0.15, 0.2) is 6.10 Å². The normalized spacial score (nSPS) is 19.5.